The lowest BCUT2D eigenvalue weighted by Gasteiger charge is -2.25. The van der Waals surface area contributed by atoms with Gasteiger partial charge >= 0.3 is 6.03 Å². The zero-order chi connectivity index (χ0) is 14.0. The molecular weight excluding hydrogens is 256 g/mol. The number of aryl methyl sites for hydroxylation is 1. The maximum absolute atomic E-state index is 11.8. The molecule has 1 aromatic rings. The van der Waals surface area contributed by atoms with Crippen molar-refractivity contribution in [3.05, 3.63) is 35.4 Å². The fourth-order valence-corrected chi connectivity index (χ4v) is 2.96. The molecule has 1 saturated heterocycles. The molecule has 3 N–H and O–H groups in total. The van der Waals surface area contributed by atoms with E-state index in [9.17, 15) is 9.90 Å². The summed E-state index contributed by atoms with van der Waals surface area (Å²) in [5, 5.41) is 16.3. The molecule has 20 heavy (non-hydrogen) atoms. The number of nitrogens with one attached hydrogen (secondary N) is 2. The first-order chi connectivity index (χ1) is 9.67. The van der Waals surface area contributed by atoms with E-state index in [0.29, 0.717) is 19.6 Å². The summed E-state index contributed by atoms with van der Waals surface area (Å²) in [5.74, 6) is 0. The van der Waals surface area contributed by atoms with Crippen LogP contribution in [-0.2, 0) is 16.8 Å². The molecule has 0 radical (unpaired) electrons. The maximum Gasteiger partial charge on any atom is 0.315 e. The summed E-state index contributed by atoms with van der Waals surface area (Å²) in [4.78, 5) is 11.8. The molecule has 2 unspecified atom stereocenters. The highest BCUT2D eigenvalue weighted by atomic mass is 16.5. The van der Waals surface area contributed by atoms with Crippen molar-refractivity contribution in [2.45, 2.75) is 30.9 Å². The normalized spacial score (nSPS) is 28.1. The number of urea groups is 1. The predicted molar refractivity (Wildman–Crippen MR) is 74.4 cm³/mol. The number of hydrogen-bond donors (Lipinski definition) is 3. The molecule has 2 amide bonds. The van der Waals surface area contributed by atoms with Gasteiger partial charge in [0.1, 0.15) is 5.60 Å². The molecule has 0 bridgehead atoms. The van der Waals surface area contributed by atoms with E-state index in [2.05, 4.69) is 10.6 Å². The Bertz CT molecular complexity index is 500. The van der Waals surface area contributed by atoms with Crippen LogP contribution in [0.1, 0.15) is 24.0 Å². The van der Waals surface area contributed by atoms with Gasteiger partial charge in [0.05, 0.1) is 19.2 Å². The van der Waals surface area contributed by atoms with E-state index in [0.717, 1.165) is 18.4 Å². The summed E-state index contributed by atoms with van der Waals surface area (Å²) in [6, 6.07) is 7.71. The van der Waals surface area contributed by atoms with Crippen LogP contribution in [0, 0.1) is 0 Å². The number of ether oxygens (including phenoxy) is 1. The van der Waals surface area contributed by atoms with Crippen LogP contribution < -0.4 is 10.6 Å². The number of carbonyl (C=O) groups is 1. The van der Waals surface area contributed by atoms with E-state index in [4.69, 9.17) is 4.74 Å². The van der Waals surface area contributed by atoms with Crippen LogP contribution >= 0.6 is 0 Å². The van der Waals surface area contributed by atoms with Crippen molar-refractivity contribution in [3.8, 4) is 0 Å². The molecule has 0 spiro atoms. The summed E-state index contributed by atoms with van der Waals surface area (Å²) in [7, 11) is 0. The molecular formula is C15H20N2O3. The zero-order valence-corrected chi connectivity index (χ0v) is 11.4. The highest BCUT2D eigenvalue weighted by Gasteiger charge is 2.36. The Morgan fingerprint density at radius 2 is 2.30 bits per heavy atom. The van der Waals surface area contributed by atoms with E-state index in [1.807, 2.05) is 24.3 Å². The third-order valence-corrected chi connectivity index (χ3v) is 4.13. The molecule has 1 aliphatic heterocycles. The summed E-state index contributed by atoms with van der Waals surface area (Å²) in [6.45, 7) is 1.51. The Morgan fingerprint density at radius 1 is 1.45 bits per heavy atom. The highest BCUT2D eigenvalue weighted by Crippen LogP contribution is 2.36. The summed E-state index contributed by atoms with van der Waals surface area (Å²) >= 11 is 0. The van der Waals surface area contributed by atoms with Gasteiger partial charge in [-0.3, -0.25) is 0 Å². The van der Waals surface area contributed by atoms with Gasteiger partial charge in [-0.15, -0.1) is 0 Å². The Balaban J connectivity index is 1.57. The van der Waals surface area contributed by atoms with Gasteiger partial charge in [0.2, 0.25) is 0 Å². The lowest BCUT2D eigenvalue weighted by Crippen LogP contribution is -2.47. The molecule has 2 atom stereocenters. The maximum atomic E-state index is 11.8. The molecule has 5 nitrogen and oxygen atoms in total. The molecule has 1 fully saturated rings. The number of benzene rings is 1. The second kappa shape index (κ2) is 5.42. The van der Waals surface area contributed by atoms with Gasteiger partial charge < -0.3 is 20.5 Å². The van der Waals surface area contributed by atoms with Gasteiger partial charge in [-0.1, -0.05) is 24.3 Å². The Kier molecular flexibility index (Phi) is 3.63. The molecule has 0 saturated carbocycles. The van der Waals surface area contributed by atoms with Crippen LogP contribution in [0.2, 0.25) is 0 Å². The smallest absolute Gasteiger partial charge is 0.315 e. The van der Waals surface area contributed by atoms with Gasteiger partial charge in [0.25, 0.3) is 0 Å². The quantitative estimate of drug-likeness (QED) is 0.768. The minimum Gasteiger partial charge on any atom is -0.383 e. The zero-order valence-electron chi connectivity index (χ0n) is 11.4. The molecule has 1 heterocycles. The number of fused-ring (bicyclic) bond motifs is 1. The largest absolute Gasteiger partial charge is 0.383 e. The topological polar surface area (TPSA) is 70.6 Å². The number of aliphatic hydroxyl groups is 1. The number of rotatable bonds is 3. The van der Waals surface area contributed by atoms with Crippen molar-refractivity contribution in [1.29, 1.82) is 0 Å². The van der Waals surface area contributed by atoms with Gasteiger partial charge in [-0.2, -0.15) is 0 Å². The Morgan fingerprint density at radius 3 is 3.10 bits per heavy atom. The van der Waals surface area contributed by atoms with E-state index in [-0.39, 0.29) is 18.6 Å². The average molecular weight is 276 g/mol. The minimum atomic E-state index is -0.944. The third kappa shape index (κ3) is 2.64. The SMILES string of the molecule is O=C(NCC1(O)CCc2ccccc21)NC1CCOC1. The number of hydrogen-bond acceptors (Lipinski definition) is 3. The highest BCUT2D eigenvalue weighted by molar-refractivity contribution is 5.74. The van der Waals surface area contributed by atoms with Gasteiger partial charge in [0, 0.05) is 6.61 Å². The monoisotopic (exact) mass is 276 g/mol. The lowest BCUT2D eigenvalue weighted by atomic mass is 9.96. The minimum absolute atomic E-state index is 0.0838. The third-order valence-electron chi connectivity index (χ3n) is 4.13. The molecule has 108 valence electrons. The van der Waals surface area contributed by atoms with Crippen LogP contribution in [-0.4, -0.2) is 36.9 Å². The Hall–Kier alpha value is -1.59. The fraction of sp³-hybridized carbons (Fsp3) is 0.533. The standard InChI is InChI=1S/C15H20N2O3/c18-14(17-12-6-8-20-9-12)16-10-15(19)7-5-11-3-1-2-4-13(11)15/h1-4,12,19H,5-10H2,(H2,16,17,18). The van der Waals surface area contributed by atoms with E-state index >= 15 is 0 Å². The van der Waals surface area contributed by atoms with Crippen LogP contribution in [0.5, 0.6) is 0 Å². The van der Waals surface area contributed by atoms with E-state index in [1.54, 1.807) is 0 Å². The first kappa shape index (κ1) is 13.4. The van der Waals surface area contributed by atoms with Crippen molar-refractivity contribution < 1.29 is 14.6 Å². The number of carbonyl (C=O) groups excluding carboxylic acids is 1. The van der Waals surface area contributed by atoms with Crippen molar-refractivity contribution in [1.82, 2.24) is 10.6 Å². The second-order valence-corrected chi connectivity index (χ2v) is 5.58. The molecule has 3 rings (SSSR count). The predicted octanol–water partition coefficient (Wildman–Crippen LogP) is 0.908. The molecule has 1 aliphatic carbocycles. The number of amides is 2. The van der Waals surface area contributed by atoms with Crippen LogP contribution in [0.25, 0.3) is 0 Å². The molecule has 1 aromatic carbocycles. The van der Waals surface area contributed by atoms with E-state index < -0.39 is 5.60 Å². The fourth-order valence-electron chi connectivity index (χ4n) is 2.96. The summed E-state index contributed by atoms with van der Waals surface area (Å²) in [5.41, 5.74) is 1.16. The van der Waals surface area contributed by atoms with E-state index in [1.165, 1.54) is 5.56 Å². The van der Waals surface area contributed by atoms with Crippen LogP contribution in [0.4, 0.5) is 4.79 Å². The molecule has 2 aliphatic rings. The molecule has 5 heteroatoms. The van der Waals surface area contributed by atoms with Gasteiger partial charge in [0.15, 0.2) is 0 Å². The second-order valence-electron chi connectivity index (χ2n) is 5.58. The van der Waals surface area contributed by atoms with Crippen LogP contribution in [0.15, 0.2) is 24.3 Å². The average Bonchev–Trinajstić information content (AvgIpc) is 3.07. The van der Waals surface area contributed by atoms with Crippen molar-refractivity contribution in [2.75, 3.05) is 19.8 Å². The van der Waals surface area contributed by atoms with Crippen molar-refractivity contribution in [3.63, 3.8) is 0 Å². The van der Waals surface area contributed by atoms with Crippen LogP contribution in [0.3, 0.4) is 0 Å². The first-order valence-corrected chi connectivity index (χ1v) is 7.10. The first-order valence-electron chi connectivity index (χ1n) is 7.10. The lowest BCUT2D eigenvalue weighted by molar-refractivity contribution is 0.0411. The van der Waals surface area contributed by atoms with Gasteiger partial charge in [-0.05, 0) is 30.4 Å². The molecule has 0 aromatic heterocycles. The van der Waals surface area contributed by atoms with Gasteiger partial charge in [-0.25, -0.2) is 4.79 Å². The van der Waals surface area contributed by atoms with Crippen molar-refractivity contribution in [2.24, 2.45) is 0 Å². The Labute approximate surface area is 118 Å². The summed E-state index contributed by atoms with van der Waals surface area (Å²) in [6.07, 6.45) is 2.35. The van der Waals surface area contributed by atoms with Crippen molar-refractivity contribution >= 4 is 6.03 Å². The summed E-state index contributed by atoms with van der Waals surface area (Å²) < 4.78 is 5.21.